The predicted molar refractivity (Wildman–Crippen MR) is 114 cm³/mol. The molecule has 0 radical (unpaired) electrons. The van der Waals surface area contributed by atoms with Crippen LogP contribution in [0.5, 0.6) is 0 Å². The van der Waals surface area contributed by atoms with Gasteiger partial charge < -0.3 is 15.6 Å². The smallest absolute Gasteiger partial charge is 0.269 e. The quantitative estimate of drug-likeness (QED) is 0.696. The molecular weight excluding hydrogens is 399 g/mol. The number of hydrogen-bond acceptors (Lipinski definition) is 6. The molecule has 2 aromatic rings. The minimum atomic E-state index is -0.731. The molecule has 1 saturated heterocycles. The van der Waals surface area contributed by atoms with Gasteiger partial charge in [0.15, 0.2) is 0 Å². The summed E-state index contributed by atoms with van der Waals surface area (Å²) in [5.74, 6) is -0.846. The van der Waals surface area contributed by atoms with E-state index in [0.29, 0.717) is 42.9 Å². The number of primary amides is 1. The number of nitrogens with two attached hydrogens (primary N) is 1. The highest BCUT2D eigenvalue weighted by Crippen LogP contribution is 2.64. The van der Waals surface area contributed by atoms with E-state index in [-0.39, 0.29) is 16.7 Å². The summed E-state index contributed by atoms with van der Waals surface area (Å²) in [5, 5.41) is 0. The Kier molecular flexibility index (Phi) is 4.80. The van der Waals surface area contributed by atoms with Crippen molar-refractivity contribution in [1.29, 1.82) is 0 Å². The van der Waals surface area contributed by atoms with Gasteiger partial charge in [-0.2, -0.15) is 4.39 Å². The monoisotopic (exact) mass is 426 g/mol. The third-order valence-corrected chi connectivity index (χ3v) is 7.42. The van der Waals surface area contributed by atoms with Crippen LogP contribution in [0.15, 0.2) is 23.1 Å². The number of piperazine rings is 1. The van der Waals surface area contributed by atoms with Crippen molar-refractivity contribution in [3.8, 4) is 0 Å². The van der Waals surface area contributed by atoms with E-state index in [0.717, 1.165) is 38.0 Å². The topological polar surface area (TPSA) is 108 Å². The fraction of sp³-hybridized carbons (Fsp3) is 0.545. The molecule has 0 spiro atoms. The van der Waals surface area contributed by atoms with Gasteiger partial charge in [0.25, 0.3) is 11.5 Å². The lowest BCUT2D eigenvalue weighted by Crippen LogP contribution is -2.51. The van der Waals surface area contributed by atoms with Crippen LogP contribution in [-0.2, 0) is 11.8 Å². The maximum Gasteiger partial charge on any atom is 0.269 e. The van der Waals surface area contributed by atoms with Crippen molar-refractivity contribution in [3.05, 3.63) is 51.7 Å². The summed E-state index contributed by atoms with van der Waals surface area (Å²) in [6.07, 6.45) is 5.77. The number of halogens is 1. The van der Waals surface area contributed by atoms with Crippen molar-refractivity contribution in [2.75, 3.05) is 31.1 Å². The zero-order valence-corrected chi connectivity index (χ0v) is 17.6. The summed E-state index contributed by atoms with van der Waals surface area (Å²) >= 11 is 0. The van der Waals surface area contributed by atoms with E-state index in [1.54, 1.807) is 6.07 Å². The van der Waals surface area contributed by atoms with Gasteiger partial charge in [-0.15, -0.1) is 0 Å². The first kappa shape index (κ1) is 20.1. The number of carbonyl (C=O) groups excluding carboxylic acids is 1. The van der Waals surface area contributed by atoms with Gasteiger partial charge in [0.2, 0.25) is 5.95 Å². The standard InChI is InChI=1S/C22H27FN6O2/c1-2-14-21(31)27-18(12-25-14)22-6-5-16(13(22)11-22)28-7-9-29(10-8-28)17-4-3-15(20(24)30)26-19(17)23/h3-4,12-13,16H,2,5-11H2,1H3,(H2,24,30)(H,27,31). The van der Waals surface area contributed by atoms with Crippen LogP contribution in [0.4, 0.5) is 10.1 Å². The first-order valence-corrected chi connectivity index (χ1v) is 11.0. The van der Waals surface area contributed by atoms with Crippen LogP contribution < -0.4 is 16.2 Å². The molecule has 31 heavy (non-hydrogen) atoms. The highest BCUT2D eigenvalue weighted by molar-refractivity contribution is 5.90. The number of aryl methyl sites for hydroxylation is 1. The predicted octanol–water partition coefficient (Wildman–Crippen LogP) is 1.21. The molecule has 2 aliphatic carbocycles. The lowest BCUT2D eigenvalue weighted by molar-refractivity contribution is 0.0994. The summed E-state index contributed by atoms with van der Waals surface area (Å²) in [7, 11) is 0. The summed E-state index contributed by atoms with van der Waals surface area (Å²) in [6.45, 7) is 5.03. The second-order valence-electron chi connectivity index (χ2n) is 8.89. The Morgan fingerprint density at radius 1 is 1.32 bits per heavy atom. The minimum Gasteiger partial charge on any atom is -0.365 e. The number of anilines is 1. The van der Waals surface area contributed by atoms with Gasteiger partial charge in [-0.1, -0.05) is 6.92 Å². The van der Waals surface area contributed by atoms with Gasteiger partial charge in [-0.05, 0) is 43.7 Å². The van der Waals surface area contributed by atoms with Crippen molar-refractivity contribution in [1.82, 2.24) is 19.9 Å². The Morgan fingerprint density at radius 2 is 2.10 bits per heavy atom. The van der Waals surface area contributed by atoms with E-state index in [1.165, 1.54) is 6.07 Å². The Labute approximate surface area is 179 Å². The molecule has 0 bridgehead atoms. The lowest BCUT2D eigenvalue weighted by atomic mass is 10.00. The van der Waals surface area contributed by atoms with Gasteiger partial charge in [0, 0.05) is 49.5 Å². The SMILES string of the molecule is CCc1ncc(C23CCC(N4CCN(c5ccc(C(N)=O)nc5F)CC4)C2C3)[nH]c1=O. The number of nitrogens with zero attached hydrogens (tertiary/aromatic N) is 4. The molecule has 5 rings (SSSR count). The van der Waals surface area contributed by atoms with Crippen molar-refractivity contribution >= 4 is 11.6 Å². The summed E-state index contributed by atoms with van der Waals surface area (Å²) < 4.78 is 14.4. The largest absolute Gasteiger partial charge is 0.365 e. The van der Waals surface area contributed by atoms with E-state index in [2.05, 4.69) is 19.9 Å². The molecule has 3 heterocycles. The van der Waals surface area contributed by atoms with Crippen molar-refractivity contribution in [2.24, 2.45) is 11.7 Å². The molecule has 2 aromatic heterocycles. The summed E-state index contributed by atoms with van der Waals surface area (Å²) in [5.41, 5.74) is 7.12. The number of fused-ring (bicyclic) bond motifs is 1. The van der Waals surface area contributed by atoms with Crippen molar-refractivity contribution in [3.63, 3.8) is 0 Å². The van der Waals surface area contributed by atoms with Crippen LogP contribution in [0, 0.1) is 11.9 Å². The average molecular weight is 426 g/mol. The number of pyridine rings is 1. The third kappa shape index (κ3) is 3.31. The molecule has 3 unspecified atom stereocenters. The number of hydrogen-bond donors (Lipinski definition) is 2. The lowest BCUT2D eigenvalue weighted by Gasteiger charge is -2.39. The highest BCUT2D eigenvalue weighted by Gasteiger charge is 2.64. The van der Waals surface area contributed by atoms with Crippen LogP contribution in [-0.4, -0.2) is 58.0 Å². The second kappa shape index (κ2) is 7.40. The summed E-state index contributed by atoms with van der Waals surface area (Å²) in [6, 6.07) is 3.54. The van der Waals surface area contributed by atoms with Crippen LogP contribution in [0.25, 0.3) is 0 Å². The number of aromatic amines is 1. The van der Waals surface area contributed by atoms with Crippen molar-refractivity contribution in [2.45, 2.75) is 44.1 Å². The van der Waals surface area contributed by atoms with Gasteiger partial charge in [-0.3, -0.25) is 19.5 Å². The molecule has 1 aliphatic heterocycles. The Morgan fingerprint density at radius 3 is 2.71 bits per heavy atom. The van der Waals surface area contributed by atoms with Gasteiger partial charge >= 0.3 is 0 Å². The van der Waals surface area contributed by atoms with Gasteiger partial charge in [0.1, 0.15) is 11.4 Å². The van der Waals surface area contributed by atoms with Gasteiger partial charge in [-0.25, -0.2) is 4.98 Å². The van der Waals surface area contributed by atoms with Gasteiger partial charge in [0.05, 0.1) is 5.69 Å². The zero-order valence-electron chi connectivity index (χ0n) is 17.6. The zero-order chi connectivity index (χ0) is 21.8. The van der Waals surface area contributed by atoms with Crippen LogP contribution in [0.3, 0.4) is 0 Å². The number of H-pyrrole nitrogens is 1. The molecule has 3 N–H and O–H groups in total. The molecule has 8 nitrogen and oxygen atoms in total. The molecular formula is C22H27FN6O2. The van der Waals surface area contributed by atoms with E-state index < -0.39 is 11.9 Å². The Bertz CT molecular complexity index is 1080. The maximum absolute atomic E-state index is 14.4. The van der Waals surface area contributed by atoms with E-state index in [4.69, 9.17) is 5.73 Å². The summed E-state index contributed by atoms with van der Waals surface area (Å²) in [4.78, 5) is 39.1. The third-order valence-electron chi connectivity index (χ3n) is 7.42. The number of amides is 1. The number of rotatable bonds is 5. The fourth-order valence-corrected chi connectivity index (χ4v) is 5.64. The fourth-order valence-electron chi connectivity index (χ4n) is 5.64. The van der Waals surface area contributed by atoms with E-state index >= 15 is 0 Å². The van der Waals surface area contributed by atoms with Crippen molar-refractivity contribution < 1.29 is 9.18 Å². The highest BCUT2D eigenvalue weighted by atomic mass is 19.1. The van der Waals surface area contributed by atoms with E-state index in [9.17, 15) is 14.0 Å². The average Bonchev–Trinajstić information content (AvgIpc) is 3.39. The molecule has 3 fully saturated rings. The molecule has 3 aliphatic rings. The minimum absolute atomic E-state index is 0.0598. The van der Waals surface area contributed by atoms with Crippen LogP contribution >= 0.6 is 0 Å². The van der Waals surface area contributed by atoms with E-state index in [1.807, 2.05) is 18.0 Å². The maximum atomic E-state index is 14.4. The Hall–Kier alpha value is -2.81. The molecule has 0 aromatic carbocycles. The number of aromatic nitrogens is 3. The number of nitrogens with one attached hydrogen (secondary N) is 1. The first-order valence-electron chi connectivity index (χ1n) is 11.0. The first-order chi connectivity index (χ1) is 14.9. The Balaban J connectivity index is 1.24. The second-order valence-corrected chi connectivity index (χ2v) is 8.89. The van der Waals surface area contributed by atoms with Crippen LogP contribution in [0.2, 0.25) is 0 Å². The number of carbonyl (C=O) groups is 1. The molecule has 3 atom stereocenters. The molecule has 164 valence electrons. The normalized spacial score (nSPS) is 27.9. The molecule has 9 heteroatoms. The molecule has 1 amide bonds. The molecule has 2 saturated carbocycles. The van der Waals surface area contributed by atoms with Crippen LogP contribution in [0.1, 0.15) is 48.1 Å².